The van der Waals surface area contributed by atoms with Crippen molar-refractivity contribution in [3.63, 3.8) is 0 Å². The smallest absolute Gasteiger partial charge is 0.333 e. The zero-order valence-electron chi connectivity index (χ0n) is 16.8. The van der Waals surface area contributed by atoms with Crippen LogP contribution in [-0.4, -0.2) is 107 Å². The minimum Gasteiger partial charge on any atom is -0.492 e. The van der Waals surface area contributed by atoms with E-state index in [9.17, 15) is 24.6 Å². The standard InChI is InChI=1S/C18H29N5O6/c1-20-9-11-22(12-10-20)13-14(24)19-7-8-21(2)15(25)5-6-18(28)29-23-16(26)3-4-17(23)27/h3-4,26-27H,5-13H2,1-2H3,(H,19,24)/i5+1,6+1,7+1,13+1,14+1,15+1,18+1,19+1. The predicted octanol–water partition coefficient (Wildman–Crippen LogP) is -1.54. The Labute approximate surface area is 169 Å². The molecule has 2 amide bonds. The summed E-state index contributed by atoms with van der Waals surface area (Å²) in [6, 6.07) is 2.33. The first-order chi connectivity index (χ1) is 13.8. The number of carbonyl (C=O) groups is 3. The highest BCUT2D eigenvalue weighted by atomic mass is 16.8. The first-order valence-corrected chi connectivity index (χ1v) is 9.48. The van der Waals surface area contributed by atoms with Crippen molar-refractivity contribution in [2.45, 2.75) is 12.8 Å². The monoisotopic (exact) mass is 419 g/mol. The molecule has 2 heterocycles. The number of hydrogen-bond donors (Lipinski definition) is 3. The molecule has 0 saturated carbocycles. The van der Waals surface area contributed by atoms with Gasteiger partial charge in [0.25, 0.3) is 0 Å². The Bertz CT molecular complexity index is 694. The molecular weight excluding hydrogens is 390 g/mol. The van der Waals surface area contributed by atoms with E-state index in [1.165, 1.54) is 17.0 Å². The van der Waals surface area contributed by atoms with Crippen LogP contribution in [0.4, 0.5) is 0 Å². The molecular formula is C18H29N5O6. The summed E-state index contributed by atoms with van der Waals surface area (Å²) in [5, 5.41) is 21.6. The fourth-order valence-corrected chi connectivity index (χ4v) is 2.80. The van der Waals surface area contributed by atoms with Crippen LogP contribution in [0.15, 0.2) is 12.1 Å². The van der Waals surface area contributed by atoms with Gasteiger partial charge in [0.2, 0.25) is 23.6 Å². The summed E-state index contributed by atoms with van der Waals surface area (Å²) in [6.07, 6.45) is -0.302. The number of nitrogens with zero attached hydrogens (tertiary/aromatic N) is 4. The molecule has 11 nitrogen and oxygen atoms in total. The molecule has 1 aromatic heterocycles. The lowest BCUT2D eigenvalue weighted by atomic mass is 10.4. The van der Waals surface area contributed by atoms with Crippen molar-refractivity contribution < 1.29 is 29.4 Å². The average Bonchev–Trinajstić information content (AvgIpc) is 2.99. The second kappa shape index (κ2) is 10.7. The van der Waals surface area contributed by atoms with Crippen molar-refractivity contribution in [1.29, 1.82) is 0 Å². The van der Waals surface area contributed by atoms with Crippen LogP contribution < -0.4 is 10.2 Å². The zero-order valence-corrected chi connectivity index (χ0v) is 16.8. The Balaban J connectivity index is 1.60. The summed E-state index contributed by atoms with van der Waals surface area (Å²) in [5.74, 6) is -1.98. The molecule has 3 N–H and O–H groups in total. The molecule has 11 heteroatoms. The number of aromatic hydroxyl groups is 2. The summed E-state index contributed by atoms with van der Waals surface area (Å²) in [4.78, 5) is 46.4. The average molecular weight is 419 g/mol. The van der Waals surface area contributed by atoms with E-state index in [2.05, 4.69) is 22.2 Å². The van der Waals surface area contributed by atoms with Crippen LogP contribution in [0.25, 0.3) is 0 Å². The Hall–Kier alpha value is -2.79. The van der Waals surface area contributed by atoms with E-state index in [1.807, 2.05) is 0 Å². The number of rotatable bonds is 9. The predicted molar refractivity (Wildman–Crippen MR) is 103 cm³/mol. The van der Waals surface area contributed by atoms with Gasteiger partial charge in [0.15, 0.2) is 0 Å². The van der Waals surface area contributed by atoms with Gasteiger partial charge < -0.3 is 30.2 Å². The van der Waals surface area contributed by atoms with Crippen LogP contribution in [0.3, 0.4) is 0 Å². The molecule has 0 aromatic carbocycles. The van der Waals surface area contributed by atoms with E-state index in [-0.39, 0.29) is 24.7 Å². The van der Waals surface area contributed by atoms with E-state index < -0.39 is 17.7 Å². The molecule has 0 aliphatic carbocycles. The summed E-state index contributed by atoms with van der Waals surface area (Å²) in [6.45, 7) is 4.59. The van der Waals surface area contributed by atoms with E-state index in [4.69, 9.17) is 4.84 Å². The highest BCUT2D eigenvalue weighted by Gasteiger charge is 2.18. The first-order valence-electron chi connectivity index (χ1n) is 9.48. The van der Waals surface area contributed by atoms with Crippen molar-refractivity contribution >= 4 is 17.8 Å². The molecule has 0 radical (unpaired) electrons. The third-order valence-electron chi connectivity index (χ3n) is 4.69. The van der Waals surface area contributed by atoms with Crippen molar-refractivity contribution in [3.05, 3.63) is 12.1 Å². The molecule has 162 valence electrons. The second-order valence-electron chi connectivity index (χ2n) is 7.05. The summed E-state index contributed by atoms with van der Waals surface area (Å²) >= 11 is 0. The van der Waals surface area contributed by atoms with Gasteiger partial charge >= 0.3 is 5.97 Å². The van der Waals surface area contributed by atoms with Gasteiger partial charge in [-0.15, -0.1) is 4.73 Å². The Morgan fingerprint density at radius 2 is 1.72 bits per heavy atom. The van der Waals surface area contributed by atoms with E-state index >= 15 is 0 Å². The third kappa shape index (κ3) is 7.27. The van der Waals surface area contributed by atoms with Crippen LogP contribution >= 0.6 is 0 Å². The molecule has 29 heavy (non-hydrogen) atoms. The first kappa shape index (κ1) is 22.5. The topological polar surface area (TPSA) is 128 Å². The second-order valence-corrected chi connectivity index (χ2v) is 7.05. The number of piperazine rings is 1. The molecule has 1 aromatic rings. The lowest BCUT2D eigenvalue weighted by Gasteiger charge is -2.31. The molecule has 1 aliphatic rings. The maximum Gasteiger partial charge on any atom is 0.333 e. The molecule has 0 unspecified atom stereocenters. The fraction of sp³-hybridized carbons (Fsp3) is 0.611. The molecule has 0 atom stereocenters. The van der Waals surface area contributed by atoms with Crippen molar-refractivity contribution in [3.8, 4) is 11.8 Å². The maximum absolute atomic E-state index is 12.1. The number of hydrogen-bond acceptors (Lipinski definition) is 8. The largest absolute Gasteiger partial charge is 0.492 e. The number of nitrogens with one attached hydrogen (secondary N) is 1. The number of amides is 2. The normalized spacial score (nSPS) is 15.1. The van der Waals surface area contributed by atoms with Crippen LogP contribution in [0.2, 0.25) is 0 Å². The number of aromatic nitrogens is 1. The third-order valence-corrected chi connectivity index (χ3v) is 4.69. The fourth-order valence-electron chi connectivity index (χ4n) is 2.80. The van der Waals surface area contributed by atoms with Gasteiger partial charge in [-0.25, -0.2) is 4.79 Å². The molecule has 0 bridgehead atoms. The van der Waals surface area contributed by atoms with E-state index in [0.29, 0.717) is 24.4 Å². The quantitative estimate of drug-likeness (QED) is 0.325. The number of likely N-dealkylation sites (N-methyl/N-ethyl adjacent to an activating group) is 2. The van der Waals surface area contributed by atoms with Gasteiger partial charge in [-0.05, 0) is 7.05 Å². The van der Waals surface area contributed by atoms with Crippen molar-refractivity contribution in [2.24, 2.45) is 0 Å². The van der Waals surface area contributed by atoms with E-state index in [1.54, 1.807) is 7.05 Å². The van der Waals surface area contributed by atoms with Crippen LogP contribution in [0.5, 0.6) is 11.8 Å². The molecule has 1 fully saturated rings. The summed E-state index contributed by atoms with van der Waals surface area (Å²) in [5.41, 5.74) is 0. The number of carbonyl (C=O) groups excluding carboxylic acids is 3. The zero-order chi connectivity index (χ0) is 21.4. The molecule has 0 spiro atoms. The van der Waals surface area contributed by atoms with Crippen LogP contribution in [0, 0.1) is 0 Å². The van der Waals surface area contributed by atoms with Gasteiger partial charge in [0, 0.05) is 64.9 Å². The highest BCUT2D eigenvalue weighted by molar-refractivity contribution is 5.81. The lowest BCUT2D eigenvalue weighted by Crippen LogP contribution is -2.48. The van der Waals surface area contributed by atoms with Crippen molar-refractivity contribution in [2.75, 3.05) is 59.9 Å². The van der Waals surface area contributed by atoms with Crippen LogP contribution in [0.1, 0.15) is 12.8 Å². The van der Waals surface area contributed by atoms with Crippen LogP contribution in [-0.2, 0) is 14.4 Å². The van der Waals surface area contributed by atoms with Gasteiger partial charge in [-0.2, -0.15) is 0 Å². The van der Waals surface area contributed by atoms with Gasteiger partial charge in [0.05, 0.1) is 13.0 Å². The summed E-state index contributed by atoms with van der Waals surface area (Å²) in [7, 11) is 3.64. The van der Waals surface area contributed by atoms with Crippen molar-refractivity contribution in [1.82, 2.24) is 24.7 Å². The molecule has 2 rings (SSSR count). The van der Waals surface area contributed by atoms with Gasteiger partial charge in [-0.1, -0.05) is 0 Å². The SMILES string of the molecule is CN1CCN([13CH2][13C](=O)[15NH][13CH2]CN(C)[13C](=O)[13CH2][13CH2][13C](=O)On2c(O)ccc2O)CC1. The molecule has 1 saturated heterocycles. The minimum atomic E-state index is -0.769. The highest BCUT2D eigenvalue weighted by Crippen LogP contribution is 2.18. The minimum absolute atomic E-state index is 0.0784. The Morgan fingerprint density at radius 3 is 2.34 bits per heavy atom. The summed E-state index contributed by atoms with van der Waals surface area (Å²) < 4.78 is 0.576. The van der Waals surface area contributed by atoms with Gasteiger partial charge in [0.1, 0.15) is 0 Å². The van der Waals surface area contributed by atoms with Gasteiger partial charge in [-0.3, -0.25) is 14.5 Å². The Kier molecular flexibility index (Phi) is 8.28. The lowest BCUT2D eigenvalue weighted by molar-refractivity contribution is -0.147. The Morgan fingerprint density at radius 1 is 1.10 bits per heavy atom. The molecule has 1 aliphatic heterocycles. The maximum atomic E-state index is 12.1. The van der Waals surface area contributed by atoms with E-state index in [0.717, 1.165) is 26.2 Å².